The predicted octanol–water partition coefficient (Wildman–Crippen LogP) is 9.50. The van der Waals surface area contributed by atoms with Gasteiger partial charge in [0.2, 0.25) is 5.89 Å². The van der Waals surface area contributed by atoms with E-state index in [9.17, 15) is 0 Å². The van der Waals surface area contributed by atoms with E-state index in [1.807, 2.05) is 30.3 Å². The van der Waals surface area contributed by atoms with Crippen molar-refractivity contribution in [3.8, 4) is 11.5 Å². The molecular weight excluding hydrogens is 502 g/mol. The summed E-state index contributed by atoms with van der Waals surface area (Å²) in [7, 11) is 0. The van der Waals surface area contributed by atoms with E-state index in [2.05, 4.69) is 126 Å². The summed E-state index contributed by atoms with van der Waals surface area (Å²) in [6.07, 6.45) is 6.89. The SMILES string of the molecule is C1=CC2Nc3cc4nc(-c5ccccc5)oc4cc3C2C=C1c1ccc(N(c2ccccc2)c2ccccc2)cc1. The molecule has 2 heterocycles. The molecule has 5 aromatic carbocycles. The number of rotatable bonds is 5. The molecule has 4 heteroatoms. The highest BCUT2D eigenvalue weighted by Crippen LogP contribution is 2.44. The van der Waals surface area contributed by atoms with Gasteiger partial charge in [-0.2, -0.15) is 0 Å². The molecule has 2 unspecified atom stereocenters. The number of nitrogens with one attached hydrogen (secondary N) is 1. The van der Waals surface area contributed by atoms with Crippen molar-refractivity contribution in [1.29, 1.82) is 0 Å². The lowest BCUT2D eigenvalue weighted by Crippen LogP contribution is -2.18. The molecule has 0 radical (unpaired) electrons. The Balaban J connectivity index is 1.11. The molecule has 1 aliphatic heterocycles. The van der Waals surface area contributed by atoms with Crippen molar-refractivity contribution in [3.05, 3.63) is 157 Å². The third-order valence-corrected chi connectivity index (χ3v) is 7.98. The van der Waals surface area contributed by atoms with E-state index in [0.29, 0.717) is 5.89 Å². The molecule has 6 aromatic rings. The lowest BCUT2D eigenvalue weighted by atomic mass is 9.86. The van der Waals surface area contributed by atoms with Gasteiger partial charge in [0.05, 0.1) is 6.04 Å². The van der Waals surface area contributed by atoms with E-state index in [4.69, 9.17) is 9.40 Å². The van der Waals surface area contributed by atoms with Crippen LogP contribution in [-0.2, 0) is 0 Å². The van der Waals surface area contributed by atoms with Crippen molar-refractivity contribution >= 4 is 39.4 Å². The molecule has 8 rings (SSSR count). The number of nitrogens with zero attached hydrogens (tertiary/aromatic N) is 2. The summed E-state index contributed by atoms with van der Waals surface area (Å²) >= 11 is 0. The molecule has 0 saturated carbocycles. The minimum absolute atomic E-state index is 0.222. The molecule has 0 spiro atoms. The minimum atomic E-state index is 0.222. The number of oxazole rings is 1. The van der Waals surface area contributed by atoms with E-state index < -0.39 is 0 Å². The molecular formula is C37H27N3O. The van der Waals surface area contributed by atoms with Gasteiger partial charge in [-0.05, 0) is 77.4 Å². The number of hydrogen-bond acceptors (Lipinski definition) is 4. The van der Waals surface area contributed by atoms with Crippen LogP contribution in [0.4, 0.5) is 22.7 Å². The van der Waals surface area contributed by atoms with Crippen LogP contribution in [0.2, 0.25) is 0 Å². The van der Waals surface area contributed by atoms with Crippen LogP contribution < -0.4 is 10.2 Å². The first-order valence-electron chi connectivity index (χ1n) is 14.0. The first-order valence-corrected chi connectivity index (χ1v) is 14.0. The topological polar surface area (TPSA) is 41.3 Å². The van der Waals surface area contributed by atoms with Gasteiger partial charge < -0.3 is 14.6 Å². The maximum Gasteiger partial charge on any atom is 0.227 e. The molecule has 1 aliphatic carbocycles. The van der Waals surface area contributed by atoms with Gasteiger partial charge in [0.25, 0.3) is 0 Å². The first kappa shape index (κ1) is 23.5. The van der Waals surface area contributed by atoms with Crippen LogP contribution in [0.5, 0.6) is 0 Å². The normalized spacial score (nSPS) is 17.0. The molecule has 0 fully saturated rings. The van der Waals surface area contributed by atoms with Crippen molar-refractivity contribution in [2.24, 2.45) is 0 Å². The summed E-state index contributed by atoms with van der Waals surface area (Å²) in [6, 6.07) is 44.4. The first-order chi connectivity index (χ1) is 20.3. The predicted molar refractivity (Wildman–Crippen MR) is 168 cm³/mol. The number of para-hydroxylation sites is 2. The number of allylic oxidation sites excluding steroid dienone is 2. The Morgan fingerprint density at radius 2 is 1.29 bits per heavy atom. The third-order valence-electron chi connectivity index (χ3n) is 7.98. The maximum absolute atomic E-state index is 6.20. The Hall–Kier alpha value is -5.35. The highest BCUT2D eigenvalue weighted by atomic mass is 16.3. The van der Waals surface area contributed by atoms with Crippen LogP contribution in [0.15, 0.2) is 150 Å². The van der Waals surface area contributed by atoms with Crippen molar-refractivity contribution in [1.82, 2.24) is 4.98 Å². The van der Waals surface area contributed by atoms with Crippen LogP contribution in [0, 0.1) is 0 Å². The van der Waals surface area contributed by atoms with Gasteiger partial charge >= 0.3 is 0 Å². The van der Waals surface area contributed by atoms with Gasteiger partial charge in [0, 0.05) is 34.2 Å². The number of hydrogen-bond donors (Lipinski definition) is 1. The van der Waals surface area contributed by atoms with Gasteiger partial charge in [-0.25, -0.2) is 4.98 Å². The van der Waals surface area contributed by atoms with Gasteiger partial charge in [0.1, 0.15) is 5.52 Å². The van der Waals surface area contributed by atoms with Crippen LogP contribution >= 0.6 is 0 Å². The summed E-state index contributed by atoms with van der Waals surface area (Å²) in [5, 5.41) is 3.69. The van der Waals surface area contributed by atoms with Crippen molar-refractivity contribution in [2.75, 3.05) is 10.2 Å². The van der Waals surface area contributed by atoms with E-state index in [-0.39, 0.29) is 12.0 Å². The van der Waals surface area contributed by atoms with Crippen molar-refractivity contribution in [3.63, 3.8) is 0 Å². The molecule has 2 aliphatic rings. The Morgan fingerprint density at radius 3 is 1.98 bits per heavy atom. The quantitative estimate of drug-likeness (QED) is 0.241. The summed E-state index contributed by atoms with van der Waals surface area (Å²) in [5.41, 5.74) is 10.9. The zero-order chi connectivity index (χ0) is 27.2. The minimum Gasteiger partial charge on any atom is -0.436 e. The zero-order valence-electron chi connectivity index (χ0n) is 22.3. The van der Waals surface area contributed by atoms with E-state index in [1.54, 1.807) is 0 Å². The van der Waals surface area contributed by atoms with E-state index in [1.165, 1.54) is 16.7 Å². The average molecular weight is 530 g/mol. The molecule has 196 valence electrons. The number of fused-ring (bicyclic) bond motifs is 4. The fourth-order valence-corrected chi connectivity index (χ4v) is 5.97. The highest BCUT2D eigenvalue weighted by Gasteiger charge is 2.32. The smallest absolute Gasteiger partial charge is 0.227 e. The molecule has 1 aromatic heterocycles. The highest BCUT2D eigenvalue weighted by molar-refractivity contribution is 5.87. The monoisotopic (exact) mass is 529 g/mol. The Kier molecular flexibility index (Phi) is 5.56. The maximum atomic E-state index is 6.20. The summed E-state index contributed by atoms with van der Waals surface area (Å²) in [4.78, 5) is 7.05. The second kappa shape index (κ2) is 9.68. The fraction of sp³-hybridized carbons (Fsp3) is 0.0541. The lowest BCUT2D eigenvalue weighted by Gasteiger charge is -2.26. The average Bonchev–Trinajstić information content (AvgIpc) is 3.62. The second-order valence-electron chi connectivity index (χ2n) is 10.5. The summed E-state index contributed by atoms with van der Waals surface area (Å²) < 4.78 is 6.20. The number of anilines is 4. The van der Waals surface area contributed by atoms with Crippen LogP contribution in [-0.4, -0.2) is 11.0 Å². The molecule has 1 N–H and O–H groups in total. The Bertz CT molecular complexity index is 1870. The van der Waals surface area contributed by atoms with Gasteiger partial charge in [-0.1, -0.05) is 85.0 Å². The molecule has 4 nitrogen and oxygen atoms in total. The van der Waals surface area contributed by atoms with E-state index >= 15 is 0 Å². The Morgan fingerprint density at radius 1 is 0.659 bits per heavy atom. The van der Waals surface area contributed by atoms with Gasteiger partial charge in [-0.15, -0.1) is 0 Å². The molecule has 0 saturated heterocycles. The van der Waals surface area contributed by atoms with Gasteiger partial charge in [0.15, 0.2) is 5.58 Å². The largest absolute Gasteiger partial charge is 0.436 e. The summed E-state index contributed by atoms with van der Waals surface area (Å²) in [5.74, 6) is 0.880. The molecule has 2 atom stereocenters. The van der Waals surface area contributed by atoms with Crippen molar-refractivity contribution in [2.45, 2.75) is 12.0 Å². The van der Waals surface area contributed by atoms with Crippen molar-refractivity contribution < 1.29 is 4.42 Å². The zero-order valence-corrected chi connectivity index (χ0v) is 22.3. The second-order valence-corrected chi connectivity index (χ2v) is 10.5. The Labute approximate surface area is 238 Å². The number of aromatic nitrogens is 1. The third kappa shape index (κ3) is 4.21. The van der Waals surface area contributed by atoms with Gasteiger partial charge in [-0.3, -0.25) is 0 Å². The lowest BCUT2D eigenvalue weighted by molar-refractivity contribution is 0.619. The van der Waals surface area contributed by atoms with Crippen LogP contribution in [0.25, 0.3) is 28.1 Å². The van der Waals surface area contributed by atoms with Crippen LogP contribution in [0.1, 0.15) is 17.0 Å². The molecule has 41 heavy (non-hydrogen) atoms. The number of benzene rings is 5. The summed E-state index contributed by atoms with van der Waals surface area (Å²) in [6.45, 7) is 0. The van der Waals surface area contributed by atoms with Crippen LogP contribution in [0.3, 0.4) is 0 Å². The van der Waals surface area contributed by atoms with E-state index in [0.717, 1.165) is 39.4 Å². The fourth-order valence-electron chi connectivity index (χ4n) is 5.97. The molecule has 0 bridgehead atoms. The molecule has 0 amide bonds. The standard InChI is InChI=1S/C37H27N3O/c1-4-10-26(11-5-1)37-39-35-24-34-32(23-36(35)41-37)31-22-27(18-21-33(31)38-34)25-16-19-30(20-17-25)40(28-12-6-2-7-13-28)29-14-8-3-9-15-29/h1-24,31,33,38H.